The number of nitrogens with zero attached hydrogens (tertiary/aromatic N) is 2. The number of hydrogen-bond donors (Lipinski definition) is 3. The highest BCUT2D eigenvalue weighted by atomic mass is 16.5. The molecule has 8 nitrogen and oxygen atoms in total. The van der Waals surface area contributed by atoms with Crippen molar-refractivity contribution < 1.29 is 19.4 Å². The molecule has 34 heavy (non-hydrogen) atoms. The highest BCUT2D eigenvalue weighted by molar-refractivity contribution is 6.26. The van der Waals surface area contributed by atoms with Gasteiger partial charge in [0, 0.05) is 18.2 Å². The molecule has 2 atom stereocenters. The number of hydrogen-bond acceptors (Lipinski definition) is 6. The molecule has 3 aromatic carbocycles. The summed E-state index contributed by atoms with van der Waals surface area (Å²) in [7, 11) is 3.09. The van der Waals surface area contributed by atoms with Gasteiger partial charge in [0.15, 0.2) is 5.78 Å². The van der Waals surface area contributed by atoms with Crippen molar-refractivity contribution in [1.29, 1.82) is 5.41 Å². The van der Waals surface area contributed by atoms with Crippen molar-refractivity contribution in [2.45, 2.75) is 18.4 Å². The number of para-hydroxylation sites is 2. The molecule has 8 heteroatoms. The molecule has 0 saturated carbocycles. The number of fused-ring (bicyclic) bond motifs is 1. The molecular formula is C26H24N4O4. The van der Waals surface area contributed by atoms with E-state index >= 15 is 0 Å². The van der Waals surface area contributed by atoms with Crippen molar-refractivity contribution in [2.75, 3.05) is 19.1 Å². The molecule has 0 spiro atoms. The van der Waals surface area contributed by atoms with E-state index in [2.05, 4.69) is 9.97 Å². The number of nitrogens with one attached hydrogen (secondary N) is 2. The number of benzene rings is 3. The number of methoxy groups -OCH3 is 2. The molecule has 1 aliphatic rings. The molecule has 1 aromatic heterocycles. The number of aromatic hydroxyl groups is 1. The van der Waals surface area contributed by atoms with Crippen molar-refractivity contribution in [3.63, 3.8) is 0 Å². The van der Waals surface area contributed by atoms with Crippen molar-refractivity contribution >= 4 is 28.3 Å². The molecule has 0 bridgehead atoms. The molecule has 5 rings (SSSR count). The Morgan fingerprint density at radius 1 is 1.03 bits per heavy atom. The highest BCUT2D eigenvalue weighted by Gasteiger charge is 2.56. The fourth-order valence-corrected chi connectivity index (χ4v) is 4.65. The van der Waals surface area contributed by atoms with E-state index < -0.39 is 11.5 Å². The second kappa shape index (κ2) is 7.91. The number of phenolic OH excluding ortho intramolecular Hbond substituents is 1. The first-order valence-corrected chi connectivity index (χ1v) is 10.8. The first-order chi connectivity index (χ1) is 16.4. The summed E-state index contributed by atoms with van der Waals surface area (Å²) in [5, 5.41) is 19.4. The Morgan fingerprint density at radius 3 is 2.38 bits per heavy atom. The zero-order chi connectivity index (χ0) is 24.0. The van der Waals surface area contributed by atoms with E-state index in [1.165, 1.54) is 0 Å². The van der Waals surface area contributed by atoms with E-state index in [1.54, 1.807) is 68.5 Å². The molecule has 1 fully saturated rings. The second-order valence-corrected chi connectivity index (χ2v) is 8.35. The molecule has 0 amide bonds. The minimum Gasteiger partial charge on any atom is -0.508 e. The van der Waals surface area contributed by atoms with Gasteiger partial charge in [-0.3, -0.25) is 10.2 Å². The smallest absolute Gasteiger partial charge is 0.181 e. The van der Waals surface area contributed by atoms with E-state index in [0.717, 1.165) is 11.0 Å². The predicted molar refractivity (Wildman–Crippen MR) is 129 cm³/mol. The highest BCUT2D eigenvalue weighted by Crippen LogP contribution is 2.47. The number of amidine groups is 1. The quantitative estimate of drug-likeness (QED) is 0.412. The molecule has 172 valence electrons. The van der Waals surface area contributed by atoms with Gasteiger partial charge in [-0.1, -0.05) is 24.3 Å². The van der Waals surface area contributed by atoms with Crippen LogP contribution in [0.3, 0.4) is 0 Å². The minimum absolute atomic E-state index is 0.0356. The van der Waals surface area contributed by atoms with Crippen LogP contribution in [0.4, 0.5) is 5.69 Å². The Hall–Kier alpha value is -4.33. The zero-order valence-electron chi connectivity index (χ0n) is 19.0. The van der Waals surface area contributed by atoms with Gasteiger partial charge in [-0.05, 0) is 36.8 Å². The molecule has 4 aromatic rings. The number of ketones is 1. The normalized spacial score (nSPS) is 20.2. The lowest BCUT2D eigenvalue weighted by Crippen LogP contribution is -2.44. The number of aromatic amines is 1. The number of rotatable bonds is 5. The third-order valence-electron chi connectivity index (χ3n) is 6.39. The van der Waals surface area contributed by atoms with E-state index in [4.69, 9.17) is 14.9 Å². The van der Waals surface area contributed by atoms with Gasteiger partial charge in [0.2, 0.25) is 0 Å². The fourth-order valence-electron chi connectivity index (χ4n) is 4.65. The summed E-state index contributed by atoms with van der Waals surface area (Å²) in [6.45, 7) is 1.76. The molecular weight excluding hydrogens is 432 g/mol. The SMILES string of the molecule is COc1cc(OC)cc(N2C(=N)C(c3nc4ccccc4[nH]3)C(=O)C2(C)c2cccc(O)c2)c1. The number of ether oxygens (including phenoxy) is 2. The van der Waals surface area contributed by atoms with Crippen LogP contribution in [0.15, 0.2) is 66.7 Å². The molecule has 1 saturated heterocycles. The first kappa shape index (κ1) is 21.5. The first-order valence-electron chi connectivity index (χ1n) is 10.8. The van der Waals surface area contributed by atoms with Gasteiger partial charge in [-0.15, -0.1) is 0 Å². The summed E-state index contributed by atoms with van der Waals surface area (Å²) < 4.78 is 10.9. The average Bonchev–Trinajstić information content (AvgIpc) is 3.35. The fraction of sp³-hybridized carbons (Fsp3) is 0.192. The third-order valence-corrected chi connectivity index (χ3v) is 6.39. The molecule has 3 N–H and O–H groups in total. The van der Waals surface area contributed by atoms with Gasteiger partial charge in [0.25, 0.3) is 0 Å². The number of carbonyl (C=O) groups is 1. The van der Waals surface area contributed by atoms with Gasteiger partial charge in [-0.25, -0.2) is 4.98 Å². The van der Waals surface area contributed by atoms with Crippen molar-refractivity contribution in [1.82, 2.24) is 9.97 Å². The van der Waals surface area contributed by atoms with Crippen LogP contribution < -0.4 is 14.4 Å². The Labute approximate surface area is 196 Å². The number of Topliss-reactive ketones (excluding diaryl/α,β-unsaturated/α-hetero) is 1. The Kier molecular flexibility index (Phi) is 5.01. The summed E-state index contributed by atoms with van der Waals surface area (Å²) in [6, 6.07) is 19.3. The molecule has 2 unspecified atom stereocenters. The lowest BCUT2D eigenvalue weighted by molar-refractivity contribution is -0.122. The number of carbonyl (C=O) groups excluding carboxylic acids is 1. The summed E-state index contributed by atoms with van der Waals surface area (Å²) in [5.74, 6) is 0.388. The van der Waals surface area contributed by atoms with Crippen molar-refractivity contribution in [3.8, 4) is 17.2 Å². The van der Waals surface area contributed by atoms with Crippen LogP contribution in [0.25, 0.3) is 11.0 Å². The Morgan fingerprint density at radius 2 is 1.74 bits per heavy atom. The van der Waals surface area contributed by atoms with Gasteiger partial charge >= 0.3 is 0 Å². The summed E-state index contributed by atoms with van der Waals surface area (Å²) in [6.07, 6.45) is 0. The Balaban J connectivity index is 1.73. The number of phenols is 1. The molecule has 1 aliphatic heterocycles. The monoisotopic (exact) mass is 456 g/mol. The number of anilines is 1. The van der Waals surface area contributed by atoms with Crippen LogP contribution >= 0.6 is 0 Å². The Bertz CT molecular complexity index is 1370. The van der Waals surface area contributed by atoms with Crippen molar-refractivity contribution in [3.05, 3.63) is 78.1 Å². The zero-order valence-corrected chi connectivity index (χ0v) is 19.0. The average molecular weight is 457 g/mol. The summed E-state index contributed by atoms with van der Waals surface area (Å²) >= 11 is 0. The maximum absolute atomic E-state index is 14.1. The van der Waals surface area contributed by atoms with Crippen molar-refractivity contribution in [2.24, 2.45) is 0 Å². The summed E-state index contributed by atoms with van der Waals surface area (Å²) in [5.41, 5.74) is 1.33. The lowest BCUT2D eigenvalue weighted by Gasteiger charge is -2.35. The van der Waals surface area contributed by atoms with Gasteiger partial charge in [0.05, 0.1) is 30.9 Å². The number of imidazole rings is 1. The van der Waals surface area contributed by atoms with E-state index in [1.807, 2.05) is 24.3 Å². The van der Waals surface area contributed by atoms with Crippen LogP contribution in [0.5, 0.6) is 17.2 Å². The van der Waals surface area contributed by atoms with E-state index in [9.17, 15) is 9.90 Å². The van der Waals surface area contributed by atoms with Gasteiger partial charge in [-0.2, -0.15) is 0 Å². The maximum atomic E-state index is 14.1. The minimum atomic E-state index is -1.29. The standard InChI is InChI=1S/C26H24N4O4/c1-26(15-7-6-8-17(31)11-15)23(32)22(25-28-20-9-4-5-10-21(20)29-25)24(27)30(26)16-12-18(33-2)14-19(13-16)34-3/h4-14,22,27,31H,1-3H3,(H,28,29). The van der Waals surface area contributed by atoms with E-state index in [-0.39, 0.29) is 17.4 Å². The van der Waals surface area contributed by atoms with Crippen LogP contribution in [0.2, 0.25) is 0 Å². The van der Waals surface area contributed by atoms with Crippen LogP contribution in [0, 0.1) is 5.41 Å². The number of aromatic nitrogens is 2. The summed E-state index contributed by atoms with van der Waals surface area (Å²) in [4.78, 5) is 23.6. The molecule has 2 heterocycles. The topological polar surface area (TPSA) is 112 Å². The number of H-pyrrole nitrogens is 1. The van der Waals surface area contributed by atoms with Crippen LogP contribution in [-0.2, 0) is 10.3 Å². The largest absolute Gasteiger partial charge is 0.508 e. The molecule has 0 aliphatic carbocycles. The third kappa shape index (κ3) is 3.18. The predicted octanol–water partition coefficient (Wildman–Crippen LogP) is 4.35. The van der Waals surface area contributed by atoms with Gasteiger partial charge < -0.3 is 24.5 Å². The second-order valence-electron chi connectivity index (χ2n) is 8.35. The molecule has 0 radical (unpaired) electrons. The lowest BCUT2D eigenvalue weighted by atomic mass is 9.84. The maximum Gasteiger partial charge on any atom is 0.181 e. The van der Waals surface area contributed by atoms with Gasteiger partial charge in [0.1, 0.15) is 40.4 Å². The van der Waals surface area contributed by atoms with E-state index in [0.29, 0.717) is 28.6 Å². The van der Waals surface area contributed by atoms with Crippen LogP contribution in [-0.4, -0.2) is 40.9 Å². The van der Waals surface area contributed by atoms with Crippen LogP contribution in [0.1, 0.15) is 24.2 Å².